The topological polar surface area (TPSA) is 138 Å². The molecule has 2 aromatic carbocycles. The van der Waals surface area contributed by atoms with E-state index in [0.29, 0.717) is 28.4 Å². The Kier molecular flexibility index (Phi) is 6.91. The summed E-state index contributed by atoms with van der Waals surface area (Å²) < 4.78 is 16.8. The zero-order valence-electron chi connectivity index (χ0n) is 16.6. The Labute approximate surface area is 173 Å². The molecular weight excluding hydrogens is 394 g/mol. The van der Waals surface area contributed by atoms with Gasteiger partial charge in [0.1, 0.15) is 36.3 Å². The summed E-state index contributed by atoms with van der Waals surface area (Å²) in [7, 11) is 3.02. The molecule has 5 N–H and O–H groups in total. The van der Waals surface area contributed by atoms with Gasteiger partial charge in [0.15, 0.2) is 11.5 Å². The second-order valence-electron chi connectivity index (χ2n) is 6.87. The van der Waals surface area contributed by atoms with E-state index >= 15 is 0 Å². The Morgan fingerprint density at radius 3 is 2.33 bits per heavy atom. The lowest BCUT2D eigenvalue weighted by Gasteiger charge is -2.40. The Hall–Kier alpha value is -2.69. The van der Waals surface area contributed by atoms with Crippen molar-refractivity contribution in [3.63, 3.8) is 0 Å². The Morgan fingerprint density at radius 1 is 1.03 bits per heavy atom. The number of methoxy groups -OCH3 is 1. The minimum absolute atomic E-state index is 0.219. The van der Waals surface area contributed by atoms with Gasteiger partial charge in [-0.05, 0) is 42.0 Å². The first kappa shape index (κ1) is 22.0. The molecule has 9 nitrogen and oxygen atoms in total. The molecule has 1 heterocycles. The standard InChI is InChI=1S/C21H25NO8/c1-22-21(27)11-3-6-13(7-4-11)29-15-9-12(5-8-14(15)28-2)20-19(26)18(25)17(24)16(10-23)30-20/h3-9,16-20,23-26H,10H2,1-2H3,(H,22,27). The highest BCUT2D eigenvalue weighted by atomic mass is 16.5. The molecule has 0 saturated carbocycles. The first-order chi connectivity index (χ1) is 14.4. The van der Waals surface area contributed by atoms with Gasteiger partial charge in [-0.2, -0.15) is 0 Å². The largest absolute Gasteiger partial charge is 0.493 e. The average molecular weight is 419 g/mol. The Morgan fingerprint density at radius 2 is 1.73 bits per heavy atom. The van der Waals surface area contributed by atoms with Crippen LogP contribution in [0.4, 0.5) is 0 Å². The number of carbonyl (C=O) groups excluding carboxylic acids is 1. The number of aliphatic hydroxyl groups is 4. The molecule has 0 radical (unpaired) electrons. The van der Waals surface area contributed by atoms with Crippen LogP contribution < -0.4 is 14.8 Å². The van der Waals surface area contributed by atoms with Crippen molar-refractivity contribution in [3.8, 4) is 17.2 Å². The van der Waals surface area contributed by atoms with Gasteiger partial charge in [0.05, 0.1) is 13.7 Å². The molecule has 0 spiro atoms. The van der Waals surface area contributed by atoms with E-state index in [-0.39, 0.29) is 5.91 Å². The number of hydrogen-bond donors (Lipinski definition) is 5. The summed E-state index contributed by atoms with van der Waals surface area (Å²) in [6.07, 6.45) is -6.34. The van der Waals surface area contributed by atoms with E-state index in [1.807, 2.05) is 0 Å². The molecule has 162 valence electrons. The molecule has 3 rings (SSSR count). The van der Waals surface area contributed by atoms with Crippen molar-refractivity contribution in [2.45, 2.75) is 30.5 Å². The maximum atomic E-state index is 11.7. The highest BCUT2D eigenvalue weighted by Gasteiger charge is 2.44. The summed E-state index contributed by atoms with van der Waals surface area (Å²) in [5.41, 5.74) is 0.941. The average Bonchev–Trinajstić information content (AvgIpc) is 2.77. The predicted octanol–water partition coefficient (Wildman–Crippen LogP) is 0.362. The van der Waals surface area contributed by atoms with Crippen LogP contribution in [0, 0.1) is 0 Å². The second kappa shape index (κ2) is 9.41. The number of carbonyl (C=O) groups is 1. The Balaban J connectivity index is 1.87. The molecule has 30 heavy (non-hydrogen) atoms. The molecule has 0 bridgehead atoms. The van der Waals surface area contributed by atoms with Gasteiger partial charge in [0.2, 0.25) is 0 Å². The maximum absolute atomic E-state index is 11.7. The van der Waals surface area contributed by atoms with Crippen molar-refractivity contribution in [1.82, 2.24) is 5.32 Å². The van der Waals surface area contributed by atoms with Crippen molar-refractivity contribution < 1.29 is 39.4 Å². The zero-order chi connectivity index (χ0) is 21.8. The first-order valence-electron chi connectivity index (χ1n) is 9.38. The van der Waals surface area contributed by atoms with Crippen molar-refractivity contribution in [2.75, 3.05) is 20.8 Å². The maximum Gasteiger partial charge on any atom is 0.251 e. The van der Waals surface area contributed by atoms with Gasteiger partial charge in [0.25, 0.3) is 5.91 Å². The number of benzene rings is 2. The molecule has 5 atom stereocenters. The lowest BCUT2D eigenvalue weighted by molar-refractivity contribution is -0.231. The predicted molar refractivity (Wildman–Crippen MR) is 106 cm³/mol. The normalized spacial score (nSPS) is 26.1. The summed E-state index contributed by atoms with van der Waals surface area (Å²) in [5.74, 6) is 0.967. The summed E-state index contributed by atoms with van der Waals surface area (Å²) in [6, 6.07) is 11.3. The summed E-state index contributed by atoms with van der Waals surface area (Å²) >= 11 is 0. The van der Waals surface area contributed by atoms with E-state index in [1.165, 1.54) is 7.11 Å². The molecule has 1 amide bonds. The quantitative estimate of drug-likeness (QED) is 0.453. The van der Waals surface area contributed by atoms with Gasteiger partial charge in [0, 0.05) is 12.6 Å². The van der Waals surface area contributed by atoms with Gasteiger partial charge in [-0.3, -0.25) is 4.79 Å². The second-order valence-corrected chi connectivity index (χ2v) is 6.87. The van der Waals surface area contributed by atoms with Crippen LogP contribution >= 0.6 is 0 Å². The molecule has 1 aliphatic rings. The summed E-state index contributed by atoms with van der Waals surface area (Å²) in [5, 5.41) is 42.3. The third-order valence-corrected chi connectivity index (χ3v) is 4.98. The molecule has 9 heteroatoms. The lowest BCUT2D eigenvalue weighted by atomic mass is 9.91. The van der Waals surface area contributed by atoms with Crippen molar-refractivity contribution in [2.24, 2.45) is 0 Å². The van der Waals surface area contributed by atoms with Gasteiger partial charge in [-0.1, -0.05) is 6.07 Å². The van der Waals surface area contributed by atoms with Crippen LogP contribution in [0.5, 0.6) is 17.2 Å². The smallest absolute Gasteiger partial charge is 0.251 e. The van der Waals surface area contributed by atoms with Gasteiger partial charge >= 0.3 is 0 Å². The minimum atomic E-state index is -1.48. The van der Waals surface area contributed by atoms with Crippen LogP contribution in [-0.2, 0) is 4.74 Å². The van der Waals surface area contributed by atoms with E-state index in [4.69, 9.17) is 14.2 Å². The van der Waals surface area contributed by atoms with Crippen LogP contribution in [0.3, 0.4) is 0 Å². The van der Waals surface area contributed by atoms with Crippen LogP contribution in [0.15, 0.2) is 42.5 Å². The fourth-order valence-electron chi connectivity index (χ4n) is 3.27. The fourth-order valence-corrected chi connectivity index (χ4v) is 3.27. The van der Waals surface area contributed by atoms with Crippen molar-refractivity contribution in [3.05, 3.63) is 53.6 Å². The van der Waals surface area contributed by atoms with E-state index in [0.717, 1.165) is 0 Å². The van der Waals surface area contributed by atoms with Gasteiger partial charge in [-0.25, -0.2) is 0 Å². The lowest BCUT2D eigenvalue weighted by Crippen LogP contribution is -2.55. The number of amides is 1. The molecule has 1 saturated heterocycles. The molecule has 5 unspecified atom stereocenters. The highest BCUT2D eigenvalue weighted by molar-refractivity contribution is 5.94. The van der Waals surface area contributed by atoms with E-state index < -0.39 is 37.1 Å². The Bertz CT molecular complexity index is 870. The molecule has 1 fully saturated rings. The zero-order valence-corrected chi connectivity index (χ0v) is 16.6. The van der Waals surface area contributed by atoms with Crippen LogP contribution in [0.25, 0.3) is 0 Å². The van der Waals surface area contributed by atoms with Crippen LogP contribution in [0.1, 0.15) is 22.0 Å². The number of hydrogen-bond acceptors (Lipinski definition) is 8. The number of rotatable bonds is 6. The fraction of sp³-hybridized carbons (Fsp3) is 0.381. The van der Waals surface area contributed by atoms with Gasteiger partial charge < -0.3 is 40.0 Å². The van der Waals surface area contributed by atoms with E-state index in [9.17, 15) is 25.2 Å². The minimum Gasteiger partial charge on any atom is -0.493 e. The first-order valence-corrected chi connectivity index (χ1v) is 9.38. The molecular formula is C21H25NO8. The molecule has 0 aromatic heterocycles. The third-order valence-electron chi connectivity index (χ3n) is 4.98. The number of nitrogens with one attached hydrogen (secondary N) is 1. The van der Waals surface area contributed by atoms with Crippen LogP contribution in [-0.4, -0.2) is 71.5 Å². The molecule has 2 aromatic rings. The number of ether oxygens (including phenoxy) is 3. The molecule has 0 aliphatic carbocycles. The SMILES string of the molecule is CNC(=O)c1ccc(Oc2cc(C3OC(CO)C(O)C(O)C3O)ccc2OC)cc1. The molecule has 1 aliphatic heterocycles. The van der Waals surface area contributed by atoms with E-state index in [1.54, 1.807) is 49.5 Å². The summed E-state index contributed by atoms with van der Waals surface area (Å²) in [6.45, 7) is -0.515. The monoisotopic (exact) mass is 419 g/mol. The van der Waals surface area contributed by atoms with Crippen molar-refractivity contribution >= 4 is 5.91 Å². The van der Waals surface area contributed by atoms with Crippen LogP contribution in [0.2, 0.25) is 0 Å². The summed E-state index contributed by atoms with van der Waals surface area (Å²) in [4.78, 5) is 11.7. The van der Waals surface area contributed by atoms with Gasteiger partial charge in [-0.15, -0.1) is 0 Å². The van der Waals surface area contributed by atoms with Crippen molar-refractivity contribution in [1.29, 1.82) is 0 Å². The number of aliphatic hydroxyl groups excluding tert-OH is 4. The third kappa shape index (κ3) is 4.40. The highest BCUT2D eigenvalue weighted by Crippen LogP contribution is 2.38. The van der Waals surface area contributed by atoms with E-state index in [2.05, 4.69) is 5.32 Å².